The summed E-state index contributed by atoms with van der Waals surface area (Å²) in [5.41, 5.74) is 2.11. The van der Waals surface area contributed by atoms with Crippen molar-refractivity contribution < 1.29 is 13.2 Å². The van der Waals surface area contributed by atoms with E-state index in [-0.39, 0.29) is 11.9 Å². The number of nitrogens with zero attached hydrogens (tertiary/aromatic N) is 4. The van der Waals surface area contributed by atoms with Gasteiger partial charge >= 0.3 is 0 Å². The van der Waals surface area contributed by atoms with Crippen molar-refractivity contribution >= 4 is 22.1 Å². The lowest BCUT2D eigenvalue weighted by atomic mass is 10.3. The van der Waals surface area contributed by atoms with Gasteiger partial charge < -0.3 is 4.57 Å². The van der Waals surface area contributed by atoms with Gasteiger partial charge in [-0.25, -0.2) is 23.1 Å². The van der Waals surface area contributed by atoms with E-state index >= 15 is 0 Å². The number of hydrogen-bond donors (Lipinski definition) is 0. The molecule has 0 N–H and O–H groups in total. The molecule has 2 heterocycles. The summed E-state index contributed by atoms with van der Waals surface area (Å²) in [6.45, 7) is 0. The summed E-state index contributed by atoms with van der Waals surface area (Å²) in [6.07, 6.45) is 3.44. The van der Waals surface area contributed by atoms with Crippen LogP contribution in [0.5, 0.6) is 0 Å². The molecular formula is C17H11F3N4. The zero-order chi connectivity index (χ0) is 16.4. The average Bonchev–Trinajstić information content (AvgIpc) is 3.21. The molecule has 0 aliphatic heterocycles. The highest BCUT2D eigenvalue weighted by atomic mass is 19.2. The predicted molar refractivity (Wildman–Crippen MR) is 82.5 cm³/mol. The summed E-state index contributed by atoms with van der Waals surface area (Å²) in [5, 5.41) is 0. The van der Waals surface area contributed by atoms with Crippen LogP contribution in [0.3, 0.4) is 0 Å². The van der Waals surface area contributed by atoms with Crippen LogP contribution in [0.25, 0.3) is 28.0 Å². The Labute approximate surface area is 134 Å². The van der Waals surface area contributed by atoms with Crippen molar-refractivity contribution in [2.75, 3.05) is 0 Å². The van der Waals surface area contributed by atoms with E-state index < -0.39 is 11.6 Å². The lowest BCUT2D eigenvalue weighted by Crippen LogP contribution is -2.05. The minimum Gasteiger partial charge on any atom is -0.306 e. The van der Waals surface area contributed by atoms with Crippen LogP contribution in [0.2, 0.25) is 0 Å². The minimum absolute atomic E-state index is 0.231. The first kappa shape index (κ1) is 13.6. The first-order valence-corrected chi connectivity index (χ1v) is 7.62. The zero-order valence-corrected chi connectivity index (χ0v) is 12.4. The fourth-order valence-corrected chi connectivity index (χ4v) is 3.08. The number of fused-ring (bicyclic) bond motifs is 2. The second-order valence-electron chi connectivity index (χ2n) is 6.02. The maximum atomic E-state index is 13.7. The Morgan fingerprint density at radius 2 is 1.71 bits per heavy atom. The molecule has 1 saturated carbocycles. The summed E-state index contributed by atoms with van der Waals surface area (Å²) in [6, 6.07) is 6.82. The normalized spacial score (nSPS) is 14.8. The average molecular weight is 328 g/mol. The van der Waals surface area contributed by atoms with Gasteiger partial charge in [0, 0.05) is 18.2 Å². The van der Waals surface area contributed by atoms with Crippen LogP contribution in [0.4, 0.5) is 13.2 Å². The first-order chi connectivity index (χ1) is 11.6. The Balaban J connectivity index is 1.83. The molecule has 0 unspecified atom stereocenters. The van der Waals surface area contributed by atoms with Crippen LogP contribution in [0.1, 0.15) is 18.9 Å². The molecule has 4 nitrogen and oxygen atoms in total. The Hall–Kier alpha value is -2.83. The van der Waals surface area contributed by atoms with Crippen LogP contribution < -0.4 is 0 Å². The van der Waals surface area contributed by atoms with Gasteiger partial charge in [0.2, 0.25) is 5.95 Å². The van der Waals surface area contributed by atoms with Crippen LogP contribution in [0.15, 0.2) is 36.7 Å². The molecule has 1 aliphatic carbocycles. The number of hydrogen-bond acceptors (Lipinski definition) is 2. The SMILES string of the molecule is Fc1ccc2nc(-n3cnc4cc(F)c(F)cc43)n(C3CC3)c2c1. The molecule has 120 valence electrons. The number of aromatic nitrogens is 4. The summed E-state index contributed by atoms with van der Waals surface area (Å²) >= 11 is 0. The maximum absolute atomic E-state index is 13.7. The van der Waals surface area contributed by atoms with E-state index in [1.54, 1.807) is 10.6 Å². The summed E-state index contributed by atoms with van der Waals surface area (Å²) in [5.74, 6) is -1.68. The van der Waals surface area contributed by atoms with Gasteiger partial charge in [0.25, 0.3) is 0 Å². The monoisotopic (exact) mass is 328 g/mol. The van der Waals surface area contributed by atoms with Crippen LogP contribution in [0, 0.1) is 17.5 Å². The molecule has 4 aromatic rings. The van der Waals surface area contributed by atoms with Crippen molar-refractivity contribution in [3.63, 3.8) is 0 Å². The van der Waals surface area contributed by atoms with E-state index in [4.69, 9.17) is 0 Å². The molecule has 2 aromatic heterocycles. The molecule has 0 radical (unpaired) electrons. The third-order valence-electron chi connectivity index (χ3n) is 4.35. The topological polar surface area (TPSA) is 35.6 Å². The number of halogens is 3. The van der Waals surface area contributed by atoms with Crippen molar-refractivity contribution in [1.82, 2.24) is 19.1 Å². The van der Waals surface area contributed by atoms with Crippen molar-refractivity contribution in [3.8, 4) is 5.95 Å². The van der Waals surface area contributed by atoms with Crippen LogP contribution >= 0.6 is 0 Å². The molecule has 0 amide bonds. The summed E-state index contributed by atoms with van der Waals surface area (Å²) in [7, 11) is 0. The first-order valence-electron chi connectivity index (χ1n) is 7.62. The third-order valence-corrected chi connectivity index (χ3v) is 4.35. The lowest BCUT2D eigenvalue weighted by molar-refractivity contribution is 0.510. The molecule has 1 fully saturated rings. The molecule has 0 bridgehead atoms. The highest BCUT2D eigenvalue weighted by molar-refractivity contribution is 5.81. The molecule has 1 aliphatic rings. The molecule has 0 saturated heterocycles. The number of rotatable bonds is 2. The Morgan fingerprint density at radius 1 is 0.917 bits per heavy atom. The van der Waals surface area contributed by atoms with Gasteiger partial charge in [-0.2, -0.15) is 0 Å². The quantitative estimate of drug-likeness (QED) is 0.555. The van der Waals surface area contributed by atoms with E-state index in [0.717, 1.165) is 25.0 Å². The molecule has 7 heteroatoms. The van der Waals surface area contributed by atoms with Crippen LogP contribution in [-0.4, -0.2) is 19.1 Å². The fourth-order valence-electron chi connectivity index (χ4n) is 3.08. The standard InChI is InChI=1S/C17H11F3N4/c18-9-1-4-13-16(5-9)24(10-2-3-10)17(22-13)23-8-21-14-6-11(19)12(20)7-15(14)23/h1,4-8,10H,2-3H2. The number of benzene rings is 2. The Bertz CT molecular complexity index is 1110. The number of imidazole rings is 2. The molecule has 2 aromatic carbocycles. The van der Waals surface area contributed by atoms with Crippen molar-refractivity contribution in [3.05, 3.63) is 54.1 Å². The predicted octanol–water partition coefficient (Wildman–Crippen LogP) is 4.13. The molecule has 24 heavy (non-hydrogen) atoms. The highest BCUT2D eigenvalue weighted by Crippen LogP contribution is 2.40. The largest absolute Gasteiger partial charge is 0.306 e. The van der Waals surface area contributed by atoms with Crippen LogP contribution in [-0.2, 0) is 0 Å². The van der Waals surface area contributed by atoms with Gasteiger partial charge in [0.1, 0.15) is 12.1 Å². The smallest absolute Gasteiger partial charge is 0.216 e. The second kappa shape index (κ2) is 4.59. The molecule has 0 spiro atoms. The van der Waals surface area contributed by atoms with E-state index in [9.17, 15) is 13.2 Å². The Kier molecular flexibility index (Phi) is 2.60. The van der Waals surface area contributed by atoms with Crippen molar-refractivity contribution in [1.29, 1.82) is 0 Å². The highest BCUT2D eigenvalue weighted by Gasteiger charge is 2.29. The van der Waals surface area contributed by atoms with E-state index in [2.05, 4.69) is 9.97 Å². The third kappa shape index (κ3) is 1.87. The van der Waals surface area contributed by atoms with Gasteiger partial charge in [-0.1, -0.05) is 0 Å². The molecular weight excluding hydrogens is 317 g/mol. The minimum atomic E-state index is -0.940. The zero-order valence-electron chi connectivity index (χ0n) is 12.4. The summed E-state index contributed by atoms with van der Waals surface area (Å²) < 4.78 is 44.3. The van der Waals surface area contributed by atoms with Gasteiger partial charge in [-0.3, -0.25) is 4.57 Å². The lowest BCUT2D eigenvalue weighted by Gasteiger charge is -2.09. The van der Waals surface area contributed by atoms with Gasteiger partial charge in [-0.15, -0.1) is 0 Å². The van der Waals surface area contributed by atoms with Crippen molar-refractivity contribution in [2.24, 2.45) is 0 Å². The van der Waals surface area contributed by atoms with Crippen molar-refractivity contribution in [2.45, 2.75) is 18.9 Å². The Morgan fingerprint density at radius 3 is 2.50 bits per heavy atom. The summed E-state index contributed by atoms with van der Waals surface area (Å²) in [4.78, 5) is 8.70. The van der Waals surface area contributed by atoms with E-state index in [1.807, 2.05) is 4.57 Å². The van der Waals surface area contributed by atoms with Gasteiger partial charge in [0.05, 0.1) is 22.1 Å². The second-order valence-corrected chi connectivity index (χ2v) is 6.02. The fraction of sp³-hybridized carbons (Fsp3) is 0.176. The molecule has 5 rings (SSSR count). The van der Waals surface area contributed by atoms with E-state index in [1.165, 1.54) is 18.5 Å². The van der Waals surface area contributed by atoms with Gasteiger partial charge in [0.15, 0.2) is 11.6 Å². The maximum Gasteiger partial charge on any atom is 0.216 e. The van der Waals surface area contributed by atoms with E-state index in [0.29, 0.717) is 28.0 Å². The molecule has 0 atom stereocenters. The van der Waals surface area contributed by atoms with Gasteiger partial charge in [-0.05, 0) is 31.0 Å².